The van der Waals surface area contributed by atoms with Gasteiger partial charge in [-0.1, -0.05) is 18.2 Å². The summed E-state index contributed by atoms with van der Waals surface area (Å²) in [6.07, 6.45) is 1.59. The first-order chi connectivity index (χ1) is 14.6. The summed E-state index contributed by atoms with van der Waals surface area (Å²) >= 11 is 3.35. The fourth-order valence-electron chi connectivity index (χ4n) is 2.98. The molecule has 0 aliphatic rings. The van der Waals surface area contributed by atoms with Gasteiger partial charge in [-0.25, -0.2) is 9.97 Å². The number of aryl methyl sites for hydroxylation is 2. The number of fused-ring (bicyclic) bond motifs is 1. The summed E-state index contributed by atoms with van der Waals surface area (Å²) in [5.41, 5.74) is 1.15. The van der Waals surface area contributed by atoms with Gasteiger partial charge in [0.25, 0.3) is 0 Å². The molecule has 0 atom stereocenters. The van der Waals surface area contributed by atoms with Crippen LogP contribution in [0.3, 0.4) is 0 Å². The second kappa shape index (κ2) is 9.32. The molecule has 3 heterocycles. The molecule has 0 saturated carbocycles. The monoisotopic (exact) mass is 438 g/mol. The zero-order chi connectivity index (χ0) is 20.9. The number of amides is 1. The predicted octanol–water partition coefficient (Wildman–Crippen LogP) is 4.92. The highest BCUT2D eigenvalue weighted by atomic mass is 32.2. The lowest BCUT2D eigenvalue weighted by molar-refractivity contribution is -0.119. The summed E-state index contributed by atoms with van der Waals surface area (Å²) in [6, 6.07) is 13.8. The highest BCUT2D eigenvalue weighted by Gasteiger charge is 2.15. The maximum Gasteiger partial charge on any atom is 0.239 e. The standard InChI is InChI=1S/C22H22N4O2S2/c1-14-15(2)30-22-20(14)21(24-12-19(27)23-11-16-7-6-10-28-16)25-18(26-22)13-29-17-8-4-3-5-9-17/h3-10H,11-13H2,1-2H3,(H,23,27)(H,24,25,26). The number of aromatic nitrogens is 2. The van der Waals surface area contributed by atoms with E-state index in [0.717, 1.165) is 27.4 Å². The van der Waals surface area contributed by atoms with Gasteiger partial charge in [0.2, 0.25) is 5.91 Å². The van der Waals surface area contributed by atoms with Crippen LogP contribution >= 0.6 is 23.1 Å². The van der Waals surface area contributed by atoms with Crippen LogP contribution in [0, 0.1) is 13.8 Å². The number of hydrogen-bond acceptors (Lipinski definition) is 7. The van der Waals surface area contributed by atoms with Gasteiger partial charge >= 0.3 is 0 Å². The van der Waals surface area contributed by atoms with E-state index in [-0.39, 0.29) is 12.5 Å². The normalized spacial score (nSPS) is 11.0. The van der Waals surface area contributed by atoms with E-state index in [1.54, 1.807) is 35.4 Å². The molecule has 4 aromatic rings. The molecule has 0 fully saturated rings. The van der Waals surface area contributed by atoms with E-state index in [1.165, 1.54) is 9.77 Å². The van der Waals surface area contributed by atoms with Crippen molar-refractivity contribution >= 4 is 45.0 Å². The fourth-order valence-corrected chi connectivity index (χ4v) is 4.80. The minimum absolute atomic E-state index is 0.122. The minimum Gasteiger partial charge on any atom is -0.467 e. The first kappa shape index (κ1) is 20.4. The van der Waals surface area contributed by atoms with Crippen LogP contribution in [0.4, 0.5) is 5.82 Å². The van der Waals surface area contributed by atoms with Gasteiger partial charge < -0.3 is 15.1 Å². The molecule has 8 heteroatoms. The van der Waals surface area contributed by atoms with Crippen molar-refractivity contribution in [3.8, 4) is 0 Å². The summed E-state index contributed by atoms with van der Waals surface area (Å²) in [4.78, 5) is 25.1. The molecular formula is C22H22N4O2S2. The van der Waals surface area contributed by atoms with E-state index >= 15 is 0 Å². The average Bonchev–Trinajstić information content (AvgIpc) is 3.38. The van der Waals surface area contributed by atoms with Gasteiger partial charge in [0, 0.05) is 9.77 Å². The Kier molecular flexibility index (Phi) is 6.35. The van der Waals surface area contributed by atoms with Crippen LogP contribution < -0.4 is 10.6 Å². The molecule has 0 bridgehead atoms. The fraction of sp³-hybridized carbons (Fsp3) is 0.227. The Bertz CT molecular complexity index is 1140. The van der Waals surface area contributed by atoms with Gasteiger partial charge in [-0.3, -0.25) is 4.79 Å². The molecule has 1 amide bonds. The third-order valence-electron chi connectivity index (χ3n) is 4.64. The number of thiophene rings is 1. The molecule has 30 heavy (non-hydrogen) atoms. The topological polar surface area (TPSA) is 80.0 Å². The van der Waals surface area contributed by atoms with Crippen molar-refractivity contribution in [3.63, 3.8) is 0 Å². The molecule has 6 nitrogen and oxygen atoms in total. The third-order valence-corrected chi connectivity index (χ3v) is 6.75. The van der Waals surface area contributed by atoms with Crippen molar-refractivity contribution < 1.29 is 9.21 Å². The van der Waals surface area contributed by atoms with Crippen molar-refractivity contribution in [1.29, 1.82) is 0 Å². The number of carbonyl (C=O) groups excluding carboxylic acids is 1. The molecule has 154 valence electrons. The first-order valence-corrected chi connectivity index (χ1v) is 11.4. The minimum atomic E-state index is -0.122. The summed E-state index contributed by atoms with van der Waals surface area (Å²) in [7, 11) is 0. The maximum absolute atomic E-state index is 12.3. The van der Waals surface area contributed by atoms with Gasteiger partial charge in [-0.05, 0) is 43.7 Å². The molecule has 3 aromatic heterocycles. The Morgan fingerprint density at radius 2 is 1.97 bits per heavy atom. The van der Waals surface area contributed by atoms with E-state index in [4.69, 9.17) is 14.4 Å². The lowest BCUT2D eigenvalue weighted by atomic mass is 10.2. The number of benzene rings is 1. The van der Waals surface area contributed by atoms with Crippen molar-refractivity contribution in [2.45, 2.75) is 31.0 Å². The predicted molar refractivity (Wildman–Crippen MR) is 122 cm³/mol. The molecular weight excluding hydrogens is 416 g/mol. The number of carbonyl (C=O) groups is 1. The molecule has 0 radical (unpaired) electrons. The first-order valence-electron chi connectivity index (χ1n) is 9.57. The Balaban J connectivity index is 1.49. The van der Waals surface area contributed by atoms with Crippen molar-refractivity contribution in [2.75, 3.05) is 11.9 Å². The largest absolute Gasteiger partial charge is 0.467 e. The molecule has 1 aromatic carbocycles. The van der Waals surface area contributed by atoms with E-state index in [1.807, 2.05) is 24.3 Å². The molecule has 0 spiro atoms. The SMILES string of the molecule is Cc1sc2nc(CSc3ccccc3)nc(NCC(=O)NCc3ccco3)c2c1C. The number of anilines is 1. The van der Waals surface area contributed by atoms with E-state index in [9.17, 15) is 4.79 Å². The quantitative estimate of drug-likeness (QED) is 0.380. The zero-order valence-corrected chi connectivity index (χ0v) is 18.4. The Hall–Kier alpha value is -2.84. The summed E-state index contributed by atoms with van der Waals surface area (Å²) < 4.78 is 5.25. The molecule has 2 N–H and O–H groups in total. The molecule has 0 unspecified atom stereocenters. The summed E-state index contributed by atoms with van der Waals surface area (Å²) in [5, 5.41) is 7.05. The number of nitrogens with zero attached hydrogens (tertiary/aromatic N) is 2. The highest BCUT2D eigenvalue weighted by Crippen LogP contribution is 2.34. The van der Waals surface area contributed by atoms with Crippen LogP contribution in [0.5, 0.6) is 0 Å². The van der Waals surface area contributed by atoms with Crippen LogP contribution in [0.1, 0.15) is 22.0 Å². The number of hydrogen-bond donors (Lipinski definition) is 2. The average molecular weight is 439 g/mol. The van der Waals surface area contributed by atoms with E-state index in [0.29, 0.717) is 18.1 Å². The number of nitrogens with one attached hydrogen (secondary N) is 2. The van der Waals surface area contributed by atoms with Crippen molar-refractivity contribution in [2.24, 2.45) is 0 Å². The van der Waals surface area contributed by atoms with E-state index < -0.39 is 0 Å². The molecule has 0 saturated heterocycles. The van der Waals surface area contributed by atoms with Crippen LogP contribution in [-0.2, 0) is 17.1 Å². The molecule has 0 aliphatic carbocycles. The van der Waals surface area contributed by atoms with Gasteiger partial charge in [0.15, 0.2) is 0 Å². The number of rotatable bonds is 8. The number of thioether (sulfide) groups is 1. The second-order valence-electron chi connectivity index (χ2n) is 6.76. The van der Waals surface area contributed by atoms with Gasteiger partial charge in [0.1, 0.15) is 22.2 Å². The number of furan rings is 1. The maximum atomic E-state index is 12.3. The van der Waals surface area contributed by atoms with Crippen LogP contribution in [0.15, 0.2) is 58.0 Å². The highest BCUT2D eigenvalue weighted by molar-refractivity contribution is 7.98. The Labute approximate surface area is 183 Å². The van der Waals surface area contributed by atoms with Gasteiger partial charge in [-0.15, -0.1) is 23.1 Å². The third kappa shape index (κ3) is 4.83. The van der Waals surface area contributed by atoms with Gasteiger partial charge in [-0.2, -0.15) is 0 Å². The van der Waals surface area contributed by atoms with Crippen molar-refractivity contribution in [3.05, 3.63) is 70.8 Å². The summed E-state index contributed by atoms with van der Waals surface area (Å²) in [6.45, 7) is 4.65. The Morgan fingerprint density at radius 3 is 2.73 bits per heavy atom. The summed E-state index contributed by atoms with van der Waals surface area (Å²) in [5.74, 6) is 2.71. The lowest BCUT2D eigenvalue weighted by Gasteiger charge is -2.10. The molecule has 4 rings (SSSR count). The van der Waals surface area contributed by atoms with E-state index in [2.05, 4.69) is 36.6 Å². The zero-order valence-electron chi connectivity index (χ0n) is 16.8. The van der Waals surface area contributed by atoms with Crippen molar-refractivity contribution in [1.82, 2.24) is 15.3 Å². The van der Waals surface area contributed by atoms with Crippen LogP contribution in [0.25, 0.3) is 10.2 Å². The Morgan fingerprint density at radius 1 is 1.13 bits per heavy atom. The molecule has 0 aliphatic heterocycles. The van der Waals surface area contributed by atoms with Crippen LogP contribution in [-0.4, -0.2) is 22.4 Å². The smallest absolute Gasteiger partial charge is 0.239 e. The lowest BCUT2D eigenvalue weighted by Crippen LogP contribution is -2.29. The van der Waals surface area contributed by atoms with Gasteiger partial charge in [0.05, 0.1) is 30.5 Å². The second-order valence-corrected chi connectivity index (χ2v) is 9.02. The van der Waals surface area contributed by atoms with Crippen LogP contribution in [0.2, 0.25) is 0 Å².